The standard InChI is InChI=1S/C22H17FN4O2/c1-14-7-5-6-10-19(14)25-22(28)24-16-11-12-18(23)17(13-16)21-27-26-20(29-21)15-8-3-2-4-9-15/h2-13H,1H3,(H2,24,25,28). The highest BCUT2D eigenvalue weighted by molar-refractivity contribution is 6.00. The van der Waals surface area contributed by atoms with Crippen LogP contribution in [0.2, 0.25) is 0 Å². The van der Waals surface area contributed by atoms with Crippen molar-refractivity contribution in [3.05, 3.63) is 84.2 Å². The van der Waals surface area contributed by atoms with E-state index >= 15 is 0 Å². The summed E-state index contributed by atoms with van der Waals surface area (Å²) in [5.41, 5.74) is 2.86. The van der Waals surface area contributed by atoms with Gasteiger partial charge in [-0.05, 0) is 48.9 Å². The van der Waals surface area contributed by atoms with Crippen LogP contribution in [0.25, 0.3) is 22.9 Å². The van der Waals surface area contributed by atoms with Crippen LogP contribution in [-0.2, 0) is 0 Å². The van der Waals surface area contributed by atoms with Gasteiger partial charge in [-0.2, -0.15) is 0 Å². The molecular weight excluding hydrogens is 371 g/mol. The number of hydrogen-bond donors (Lipinski definition) is 2. The van der Waals surface area contributed by atoms with E-state index in [0.717, 1.165) is 11.1 Å². The van der Waals surface area contributed by atoms with Crippen molar-refractivity contribution in [1.82, 2.24) is 10.2 Å². The average Bonchev–Trinajstić information content (AvgIpc) is 3.22. The number of nitrogens with zero attached hydrogens (tertiary/aromatic N) is 2. The van der Waals surface area contributed by atoms with Crippen molar-refractivity contribution < 1.29 is 13.6 Å². The van der Waals surface area contributed by atoms with E-state index in [1.54, 1.807) is 6.07 Å². The number of para-hydroxylation sites is 1. The van der Waals surface area contributed by atoms with Gasteiger partial charge in [0.1, 0.15) is 5.82 Å². The van der Waals surface area contributed by atoms with Crippen LogP contribution >= 0.6 is 0 Å². The number of halogens is 1. The topological polar surface area (TPSA) is 80.0 Å². The Hall–Kier alpha value is -4.00. The molecule has 1 aromatic heterocycles. The normalized spacial score (nSPS) is 10.6. The molecule has 6 nitrogen and oxygen atoms in total. The fourth-order valence-corrected chi connectivity index (χ4v) is 2.79. The predicted octanol–water partition coefficient (Wildman–Crippen LogP) is 5.50. The van der Waals surface area contributed by atoms with Crippen LogP contribution < -0.4 is 10.6 Å². The van der Waals surface area contributed by atoms with Gasteiger partial charge < -0.3 is 15.1 Å². The Kier molecular flexibility index (Phi) is 5.03. The summed E-state index contributed by atoms with van der Waals surface area (Å²) in [5, 5.41) is 13.4. The fraction of sp³-hybridized carbons (Fsp3) is 0.0455. The molecule has 0 bridgehead atoms. The molecule has 0 saturated heterocycles. The van der Waals surface area contributed by atoms with E-state index in [2.05, 4.69) is 20.8 Å². The number of aryl methyl sites for hydroxylation is 1. The molecule has 2 amide bonds. The largest absolute Gasteiger partial charge is 0.416 e. The van der Waals surface area contributed by atoms with Crippen molar-refractivity contribution in [1.29, 1.82) is 0 Å². The first-order valence-corrected chi connectivity index (χ1v) is 8.92. The van der Waals surface area contributed by atoms with Crippen molar-refractivity contribution in [2.45, 2.75) is 6.92 Å². The van der Waals surface area contributed by atoms with Gasteiger partial charge in [0.05, 0.1) is 5.56 Å². The Morgan fingerprint density at radius 2 is 1.62 bits per heavy atom. The van der Waals surface area contributed by atoms with Crippen LogP contribution in [0.4, 0.5) is 20.6 Å². The molecule has 1 heterocycles. The van der Waals surface area contributed by atoms with Crippen molar-refractivity contribution in [2.24, 2.45) is 0 Å². The number of carbonyl (C=O) groups is 1. The lowest BCUT2D eigenvalue weighted by Gasteiger charge is -2.10. The zero-order valence-electron chi connectivity index (χ0n) is 15.5. The van der Waals surface area contributed by atoms with Crippen LogP contribution in [0, 0.1) is 12.7 Å². The molecule has 0 saturated carbocycles. The zero-order chi connectivity index (χ0) is 20.2. The lowest BCUT2D eigenvalue weighted by molar-refractivity contribution is 0.262. The van der Waals surface area contributed by atoms with E-state index in [-0.39, 0.29) is 17.3 Å². The number of benzene rings is 3. The summed E-state index contributed by atoms with van der Waals surface area (Å²) in [4.78, 5) is 12.3. The van der Waals surface area contributed by atoms with Crippen LogP contribution in [-0.4, -0.2) is 16.2 Å². The van der Waals surface area contributed by atoms with Crippen LogP contribution in [0.5, 0.6) is 0 Å². The Labute approximate surface area is 166 Å². The van der Waals surface area contributed by atoms with E-state index in [9.17, 15) is 9.18 Å². The number of rotatable bonds is 4. The van der Waals surface area contributed by atoms with Gasteiger partial charge in [-0.15, -0.1) is 10.2 Å². The maximum absolute atomic E-state index is 14.3. The molecule has 4 aromatic rings. The smallest absolute Gasteiger partial charge is 0.323 e. The molecule has 0 spiro atoms. The van der Waals surface area contributed by atoms with Crippen molar-refractivity contribution in [3.8, 4) is 22.9 Å². The van der Waals surface area contributed by atoms with Crippen LogP contribution in [0.3, 0.4) is 0 Å². The fourth-order valence-electron chi connectivity index (χ4n) is 2.79. The summed E-state index contributed by atoms with van der Waals surface area (Å²) >= 11 is 0. The molecule has 0 radical (unpaired) electrons. The summed E-state index contributed by atoms with van der Waals surface area (Å²) in [6, 6.07) is 20.3. The highest BCUT2D eigenvalue weighted by atomic mass is 19.1. The molecule has 0 atom stereocenters. The second-order valence-electron chi connectivity index (χ2n) is 6.37. The summed E-state index contributed by atoms with van der Waals surface area (Å²) in [6.07, 6.45) is 0. The Morgan fingerprint density at radius 3 is 2.41 bits per heavy atom. The van der Waals surface area contributed by atoms with Gasteiger partial charge in [-0.1, -0.05) is 36.4 Å². The molecule has 29 heavy (non-hydrogen) atoms. The lowest BCUT2D eigenvalue weighted by Crippen LogP contribution is -2.20. The number of aromatic nitrogens is 2. The molecule has 0 aliphatic carbocycles. The molecule has 3 aromatic carbocycles. The number of anilines is 2. The third kappa shape index (κ3) is 4.14. The van der Waals surface area contributed by atoms with Crippen molar-refractivity contribution in [2.75, 3.05) is 10.6 Å². The van der Waals surface area contributed by atoms with Gasteiger partial charge >= 0.3 is 6.03 Å². The van der Waals surface area contributed by atoms with Crippen LogP contribution in [0.1, 0.15) is 5.56 Å². The van der Waals surface area contributed by atoms with E-state index < -0.39 is 11.8 Å². The number of carbonyl (C=O) groups excluding carboxylic acids is 1. The Morgan fingerprint density at radius 1 is 0.897 bits per heavy atom. The molecule has 0 fully saturated rings. The predicted molar refractivity (Wildman–Crippen MR) is 109 cm³/mol. The van der Waals surface area contributed by atoms with Gasteiger partial charge in [-0.25, -0.2) is 9.18 Å². The Bertz CT molecular complexity index is 1160. The minimum Gasteiger partial charge on any atom is -0.416 e. The monoisotopic (exact) mass is 388 g/mol. The first-order chi connectivity index (χ1) is 14.1. The number of nitrogens with one attached hydrogen (secondary N) is 2. The van der Waals surface area contributed by atoms with Gasteiger partial charge in [0.2, 0.25) is 5.89 Å². The van der Waals surface area contributed by atoms with Crippen molar-refractivity contribution in [3.63, 3.8) is 0 Å². The number of urea groups is 1. The first-order valence-electron chi connectivity index (χ1n) is 8.92. The molecule has 0 aliphatic rings. The van der Waals surface area contributed by atoms with Gasteiger partial charge in [-0.3, -0.25) is 0 Å². The zero-order valence-corrected chi connectivity index (χ0v) is 15.5. The summed E-state index contributed by atoms with van der Waals surface area (Å²) in [5.74, 6) is -0.210. The maximum Gasteiger partial charge on any atom is 0.323 e. The second kappa shape index (κ2) is 7.93. The summed E-state index contributed by atoms with van der Waals surface area (Å²) in [7, 11) is 0. The Balaban J connectivity index is 1.54. The molecule has 7 heteroatoms. The molecule has 2 N–H and O–H groups in total. The quantitative estimate of drug-likeness (QED) is 0.484. The average molecular weight is 388 g/mol. The third-order valence-corrected chi connectivity index (χ3v) is 4.29. The summed E-state index contributed by atoms with van der Waals surface area (Å²) < 4.78 is 20.0. The minimum absolute atomic E-state index is 0.0318. The highest BCUT2D eigenvalue weighted by Crippen LogP contribution is 2.28. The second-order valence-corrected chi connectivity index (χ2v) is 6.37. The van der Waals surface area contributed by atoms with Gasteiger partial charge in [0, 0.05) is 16.9 Å². The molecule has 4 rings (SSSR count). The molecule has 0 unspecified atom stereocenters. The van der Waals surface area contributed by atoms with E-state index in [1.165, 1.54) is 18.2 Å². The third-order valence-electron chi connectivity index (χ3n) is 4.29. The number of amides is 2. The maximum atomic E-state index is 14.3. The highest BCUT2D eigenvalue weighted by Gasteiger charge is 2.16. The lowest BCUT2D eigenvalue weighted by atomic mass is 10.2. The van der Waals surface area contributed by atoms with Gasteiger partial charge in [0.15, 0.2) is 0 Å². The molecule has 0 aliphatic heterocycles. The first kappa shape index (κ1) is 18.4. The summed E-state index contributed by atoms with van der Waals surface area (Å²) in [6.45, 7) is 1.89. The van der Waals surface area contributed by atoms with Crippen LogP contribution in [0.15, 0.2) is 77.2 Å². The molecule has 144 valence electrons. The number of hydrogen-bond acceptors (Lipinski definition) is 4. The van der Waals surface area contributed by atoms with E-state index in [0.29, 0.717) is 11.4 Å². The SMILES string of the molecule is Cc1ccccc1NC(=O)Nc1ccc(F)c(-c2nnc(-c3ccccc3)o2)c1. The van der Waals surface area contributed by atoms with Crippen molar-refractivity contribution >= 4 is 17.4 Å². The van der Waals surface area contributed by atoms with E-state index in [4.69, 9.17) is 4.42 Å². The minimum atomic E-state index is -0.530. The van der Waals surface area contributed by atoms with Gasteiger partial charge in [0.25, 0.3) is 5.89 Å². The van der Waals surface area contributed by atoms with E-state index in [1.807, 2.05) is 55.5 Å². The molecular formula is C22H17FN4O2.